The Kier molecular flexibility index (Phi) is 4.76. The summed E-state index contributed by atoms with van der Waals surface area (Å²) in [5, 5.41) is 0. The van der Waals surface area contributed by atoms with E-state index in [4.69, 9.17) is 4.98 Å². The van der Waals surface area contributed by atoms with Gasteiger partial charge in [0, 0.05) is 12.7 Å². The molecule has 0 saturated carbocycles. The van der Waals surface area contributed by atoms with E-state index in [-0.39, 0.29) is 0 Å². The third-order valence-corrected chi connectivity index (χ3v) is 5.18. The average Bonchev–Trinajstić information content (AvgIpc) is 3.22. The first-order valence-corrected chi connectivity index (χ1v) is 9.56. The Morgan fingerprint density at radius 1 is 0.923 bits per heavy atom. The van der Waals surface area contributed by atoms with Gasteiger partial charge in [-0.1, -0.05) is 56.3 Å². The lowest BCUT2D eigenvalue weighted by Crippen LogP contribution is -2.24. The van der Waals surface area contributed by atoms with E-state index in [1.54, 1.807) is 0 Å². The quantitative estimate of drug-likeness (QED) is 0.485. The highest BCUT2D eigenvalue weighted by molar-refractivity contribution is 5.81. The normalized spacial score (nSPS) is 11.8. The van der Waals surface area contributed by atoms with Gasteiger partial charge in [-0.2, -0.15) is 0 Å². The molecule has 2 aromatic carbocycles. The van der Waals surface area contributed by atoms with Crippen molar-refractivity contribution in [2.45, 2.75) is 26.8 Å². The Bertz CT molecular complexity index is 993. The molecule has 0 saturated heterocycles. The van der Waals surface area contributed by atoms with Crippen molar-refractivity contribution in [3.8, 4) is 11.3 Å². The maximum absolute atomic E-state index is 4.91. The second kappa shape index (κ2) is 7.34. The average molecular weight is 346 g/mol. The summed E-state index contributed by atoms with van der Waals surface area (Å²) in [4.78, 5) is 7.39. The first-order valence-electron chi connectivity index (χ1n) is 9.56. The van der Waals surface area contributed by atoms with Crippen LogP contribution in [0.2, 0.25) is 0 Å². The molecule has 26 heavy (non-hydrogen) atoms. The predicted octanol–water partition coefficient (Wildman–Crippen LogP) is 4.69. The molecule has 134 valence electrons. The van der Waals surface area contributed by atoms with Crippen LogP contribution < -0.4 is 0 Å². The molecular weight excluding hydrogens is 320 g/mol. The predicted molar refractivity (Wildman–Crippen MR) is 109 cm³/mol. The molecule has 4 aromatic rings. The van der Waals surface area contributed by atoms with E-state index in [2.05, 4.69) is 88.5 Å². The highest BCUT2D eigenvalue weighted by Crippen LogP contribution is 2.26. The van der Waals surface area contributed by atoms with Gasteiger partial charge in [-0.3, -0.25) is 4.40 Å². The molecule has 4 rings (SSSR count). The third-order valence-electron chi connectivity index (χ3n) is 5.18. The van der Waals surface area contributed by atoms with Crippen LogP contribution in [-0.4, -0.2) is 38.5 Å². The summed E-state index contributed by atoms with van der Waals surface area (Å²) in [5.41, 5.74) is 4.70. The number of fused-ring (bicyclic) bond motifs is 3. The summed E-state index contributed by atoms with van der Waals surface area (Å²) in [6.07, 6.45) is 3.35. The van der Waals surface area contributed by atoms with Gasteiger partial charge in [-0.15, -0.1) is 0 Å². The second-order valence-corrected chi connectivity index (χ2v) is 6.68. The molecule has 0 unspecified atom stereocenters. The van der Waals surface area contributed by atoms with E-state index >= 15 is 0 Å². The Labute approximate surface area is 154 Å². The van der Waals surface area contributed by atoms with Crippen molar-refractivity contribution in [3.05, 3.63) is 60.8 Å². The number of benzene rings is 2. The third kappa shape index (κ3) is 3.01. The van der Waals surface area contributed by atoms with Gasteiger partial charge in [0.2, 0.25) is 5.78 Å². The number of rotatable bonds is 7. The molecule has 0 N–H and O–H groups in total. The SMILES string of the molecule is CCN(CC)CCCn1c(-c2ccccc2)cn2c3ccccc3nc12. The van der Waals surface area contributed by atoms with Crippen LogP contribution in [0.15, 0.2) is 60.8 Å². The molecule has 0 aliphatic carbocycles. The van der Waals surface area contributed by atoms with Crippen molar-refractivity contribution in [1.82, 2.24) is 18.9 Å². The molecule has 0 aliphatic heterocycles. The van der Waals surface area contributed by atoms with Gasteiger partial charge >= 0.3 is 0 Å². The molecular formula is C22H26N4. The van der Waals surface area contributed by atoms with Crippen molar-refractivity contribution in [2.24, 2.45) is 0 Å². The minimum atomic E-state index is 0.973. The van der Waals surface area contributed by atoms with Gasteiger partial charge in [-0.25, -0.2) is 4.98 Å². The highest BCUT2D eigenvalue weighted by atomic mass is 15.2. The monoisotopic (exact) mass is 346 g/mol. The number of nitrogens with zero attached hydrogens (tertiary/aromatic N) is 4. The van der Waals surface area contributed by atoms with E-state index in [0.717, 1.165) is 43.9 Å². The molecule has 4 heteroatoms. The summed E-state index contributed by atoms with van der Waals surface area (Å²) in [7, 11) is 0. The van der Waals surface area contributed by atoms with Crippen molar-refractivity contribution >= 4 is 16.8 Å². The lowest BCUT2D eigenvalue weighted by Gasteiger charge is -2.18. The number of aromatic nitrogens is 3. The molecule has 0 aliphatic rings. The van der Waals surface area contributed by atoms with Crippen LogP contribution in [-0.2, 0) is 6.54 Å². The Hall–Kier alpha value is -2.59. The van der Waals surface area contributed by atoms with Crippen LogP contribution in [0.4, 0.5) is 0 Å². The summed E-state index contributed by atoms with van der Waals surface area (Å²) in [6.45, 7) is 8.77. The standard InChI is InChI=1S/C22H26N4/c1-3-24(4-2)15-10-16-25-21(18-11-6-5-7-12-18)17-26-20-14-9-8-13-19(20)23-22(25)26/h5-9,11-14,17H,3-4,10,15-16H2,1-2H3. The van der Waals surface area contributed by atoms with Gasteiger partial charge in [0.25, 0.3) is 0 Å². The van der Waals surface area contributed by atoms with Crippen molar-refractivity contribution < 1.29 is 0 Å². The number of imidazole rings is 2. The molecule has 2 aromatic heterocycles. The van der Waals surface area contributed by atoms with Crippen LogP contribution in [0.5, 0.6) is 0 Å². The first kappa shape index (κ1) is 16.9. The van der Waals surface area contributed by atoms with Crippen molar-refractivity contribution in [2.75, 3.05) is 19.6 Å². The van der Waals surface area contributed by atoms with Crippen molar-refractivity contribution in [1.29, 1.82) is 0 Å². The molecule has 0 fully saturated rings. The number of hydrogen-bond acceptors (Lipinski definition) is 2. The van der Waals surface area contributed by atoms with Crippen LogP contribution in [0.3, 0.4) is 0 Å². The summed E-state index contributed by atoms with van der Waals surface area (Å²) in [6, 6.07) is 19.0. The number of hydrogen-bond donors (Lipinski definition) is 0. The number of aryl methyl sites for hydroxylation is 1. The van der Waals surface area contributed by atoms with E-state index in [0.29, 0.717) is 0 Å². The molecule has 2 heterocycles. The molecule has 0 atom stereocenters. The second-order valence-electron chi connectivity index (χ2n) is 6.68. The summed E-state index contributed by atoms with van der Waals surface area (Å²) >= 11 is 0. The fourth-order valence-electron chi connectivity index (χ4n) is 3.70. The van der Waals surface area contributed by atoms with Gasteiger partial charge in [0.15, 0.2) is 0 Å². The Morgan fingerprint density at radius 3 is 2.42 bits per heavy atom. The Balaban J connectivity index is 1.76. The van der Waals surface area contributed by atoms with Gasteiger partial charge in [0.1, 0.15) is 0 Å². The van der Waals surface area contributed by atoms with E-state index in [1.165, 1.54) is 16.8 Å². The van der Waals surface area contributed by atoms with Crippen molar-refractivity contribution in [3.63, 3.8) is 0 Å². The lowest BCUT2D eigenvalue weighted by molar-refractivity contribution is 0.294. The van der Waals surface area contributed by atoms with Crippen LogP contribution in [0.1, 0.15) is 20.3 Å². The topological polar surface area (TPSA) is 25.5 Å². The summed E-state index contributed by atoms with van der Waals surface area (Å²) < 4.78 is 4.61. The number of para-hydroxylation sites is 2. The maximum Gasteiger partial charge on any atom is 0.215 e. The minimum absolute atomic E-state index is 0.973. The smallest absolute Gasteiger partial charge is 0.215 e. The first-order chi connectivity index (χ1) is 12.8. The van der Waals surface area contributed by atoms with E-state index < -0.39 is 0 Å². The van der Waals surface area contributed by atoms with E-state index in [9.17, 15) is 0 Å². The zero-order valence-corrected chi connectivity index (χ0v) is 15.6. The van der Waals surface area contributed by atoms with Crippen LogP contribution in [0.25, 0.3) is 28.1 Å². The molecule has 4 nitrogen and oxygen atoms in total. The zero-order valence-electron chi connectivity index (χ0n) is 15.6. The van der Waals surface area contributed by atoms with Crippen LogP contribution in [0, 0.1) is 0 Å². The fraction of sp³-hybridized carbons (Fsp3) is 0.318. The van der Waals surface area contributed by atoms with E-state index in [1.807, 2.05) is 0 Å². The van der Waals surface area contributed by atoms with Gasteiger partial charge < -0.3 is 9.47 Å². The molecule has 0 spiro atoms. The maximum atomic E-state index is 4.91. The van der Waals surface area contributed by atoms with Gasteiger partial charge in [-0.05, 0) is 43.8 Å². The minimum Gasteiger partial charge on any atom is -0.310 e. The zero-order chi connectivity index (χ0) is 17.9. The molecule has 0 bridgehead atoms. The largest absolute Gasteiger partial charge is 0.310 e. The highest BCUT2D eigenvalue weighted by Gasteiger charge is 2.15. The molecule has 0 amide bonds. The fourth-order valence-corrected chi connectivity index (χ4v) is 3.70. The summed E-state index contributed by atoms with van der Waals surface area (Å²) in [5.74, 6) is 1.03. The van der Waals surface area contributed by atoms with Gasteiger partial charge in [0.05, 0.1) is 16.7 Å². The lowest BCUT2D eigenvalue weighted by atomic mass is 10.1. The molecule has 0 radical (unpaired) electrons. The Morgan fingerprint density at radius 2 is 1.65 bits per heavy atom. The van der Waals surface area contributed by atoms with Crippen LogP contribution >= 0.6 is 0 Å².